The molecule has 0 unspecified atom stereocenters. The molecule has 0 aliphatic heterocycles. The second-order valence-corrected chi connectivity index (χ2v) is 2.19. The van der Waals surface area contributed by atoms with Gasteiger partial charge in [-0.3, -0.25) is 6.29 Å². The maximum absolute atomic E-state index is 8.68. The molecule has 0 atom stereocenters. The van der Waals surface area contributed by atoms with Crippen molar-refractivity contribution in [2.24, 2.45) is 0 Å². The Morgan fingerprint density at radius 2 is 1.67 bits per heavy atom. The Labute approximate surface area is 134 Å². The van der Waals surface area contributed by atoms with Gasteiger partial charge in [0, 0.05) is 53.8 Å². The smallest absolute Gasteiger partial charge is 0 e. The molecule has 0 aliphatic rings. The molecule has 0 fully saturated rings. The van der Waals surface area contributed by atoms with Gasteiger partial charge < -0.3 is 4.79 Å². The molecular weight excluding hydrogens is 433 g/mol. The summed E-state index contributed by atoms with van der Waals surface area (Å²) in [5.74, 6) is 0. The van der Waals surface area contributed by atoms with Crippen molar-refractivity contribution in [3.63, 3.8) is 0 Å². The Morgan fingerprint density at radius 1 is 1.27 bits per heavy atom. The van der Waals surface area contributed by atoms with Gasteiger partial charge in [0.15, 0.2) is 0 Å². The van der Waals surface area contributed by atoms with Crippen LogP contribution in [0.2, 0.25) is 0 Å². The van der Waals surface area contributed by atoms with E-state index in [0.717, 1.165) is 5.56 Å². The number of rotatable bonds is 0. The van der Waals surface area contributed by atoms with Crippen LogP contribution >= 0.6 is 0 Å². The van der Waals surface area contributed by atoms with Crippen LogP contribution in [0.1, 0.15) is 31.9 Å². The van der Waals surface area contributed by atoms with Crippen molar-refractivity contribution in [3.8, 4) is 0 Å². The Morgan fingerprint density at radius 3 is 1.87 bits per heavy atom. The third-order valence-corrected chi connectivity index (χ3v) is 1.08. The van der Waals surface area contributed by atoms with Crippen LogP contribution in [0.4, 0.5) is 0 Å². The van der Waals surface area contributed by atoms with Gasteiger partial charge in [0.25, 0.3) is 0 Å². The second-order valence-electron chi connectivity index (χ2n) is 2.19. The predicted molar refractivity (Wildman–Crippen MR) is 58.4 cm³/mol. The van der Waals surface area contributed by atoms with Crippen LogP contribution in [-0.4, -0.2) is 6.29 Å². The van der Waals surface area contributed by atoms with E-state index in [2.05, 4.69) is 26.0 Å². The summed E-state index contributed by atoms with van der Waals surface area (Å²) in [4.78, 5) is 8.68. The molecule has 0 aliphatic carbocycles. The van der Waals surface area contributed by atoms with Crippen LogP contribution in [-0.2, 0) is 58.6 Å². The van der Waals surface area contributed by atoms with E-state index in [0.29, 0.717) is 0 Å². The van der Waals surface area contributed by atoms with E-state index in [9.17, 15) is 0 Å². The first-order valence-corrected chi connectivity index (χ1v) is 4.38. The molecule has 15 heavy (non-hydrogen) atoms. The molecular formula is C12H18OWY-2. The first-order valence-electron chi connectivity index (χ1n) is 4.38. The van der Waals surface area contributed by atoms with E-state index in [-0.39, 0.29) is 53.8 Å². The molecule has 0 spiro atoms. The standard InChI is InChI=1S/C8H9.C2H3O.C2H6.W.Y/c1-7-4-3-5-8(2)6-7;1-2-3;1-2;;/h3-6H,1H2,2H3;1H3;1-2H3;;/q2*-1;;;. The fourth-order valence-corrected chi connectivity index (χ4v) is 0.712. The number of hydrogen-bond acceptors (Lipinski definition) is 1. The van der Waals surface area contributed by atoms with Gasteiger partial charge in [0.1, 0.15) is 0 Å². The molecule has 0 aromatic heterocycles. The summed E-state index contributed by atoms with van der Waals surface area (Å²) in [5, 5.41) is 0. The molecule has 0 saturated carbocycles. The van der Waals surface area contributed by atoms with E-state index in [1.54, 1.807) is 0 Å². The topological polar surface area (TPSA) is 17.1 Å². The number of aryl methyl sites for hydroxylation is 1. The minimum Gasteiger partial charge on any atom is -0.542 e. The fourth-order valence-electron chi connectivity index (χ4n) is 0.712. The molecule has 0 bridgehead atoms. The monoisotopic (exact) mass is 451 g/mol. The molecule has 0 N–H and O–H groups in total. The molecule has 1 rings (SSSR count). The molecule has 3 heteroatoms. The van der Waals surface area contributed by atoms with Crippen LogP contribution in [0.5, 0.6) is 0 Å². The second kappa shape index (κ2) is 20.0. The van der Waals surface area contributed by atoms with Gasteiger partial charge in [-0.1, -0.05) is 26.8 Å². The van der Waals surface area contributed by atoms with Gasteiger partial charge in [-0.2, -0.15) is 31.5 Å². The largest absolute Gasteiger partial charge is 0.542 e. The van der Waals surface area contributed by atoms with Gasteiger partial charge >= 0.3 is 0 Å². The minimum absolute atomic E-state index is 0. The van der Waals surface area contributed by atoms with Crippen molar-refractivity contribution in [2.75, 3.05) is 0 Å². The fraction of sp³-hybridized carbons (Fsp3) is 0.333. The molecule has 0 heterocycles. The van der Waals surface area contributed by atoms with E-state index in [1.165, 1.54) is 18.8 Å². The van der Waals surface area contributed by atoms with Crippen molar-refractivity contribution in [1.82, 2.24) is 0 Å². The third kappa shape index (κ3) is 20.6. The van der Waals surface area contributed by atoms with Crippen molar-refractivity contribution < 1.29 is 58.6 Å². The Balaban J connectivity index is -0.0000000763. The van der Waals surface area contributed by atoms with Crippen LogP contribution in [0.3, 0.4) is 0 Å². The molecule has 1 aromatic rings. The zero-order chi connectivity index (χ0) is 10.7. The summed E-state index contributed by atoms with van der Waals surface area (Å²) >= 11 is 0. The average molecular weight is 451 g/mol. The summed E-state index contributed by atoms with van der Waals surface area (Å²) in [6, 6.07) is 8.12. The quantitative estimate of drug-likeness (QED) is 0.554. The molecule has 0 saturated heterocycles. The molecule has 83 valence electrons. The summed E-state index contributed by atoms with van der Waals surface area (Å²) < 4.78 is 0. The van der Waals surface area contributed by atoms with Gasteiger partial charge in [-0.25, -0.2) is 0 Å². The maximum atomic E-state index is 8.68. The number of carbonyl (C=O) groups excluding carboxylic acids is 1. The zero-order valence-electron chi connectivity index (χ0n) is 9.91. The SMILES string of the molecule is CC.C[C-]=O.[CH2-]c1cccc(C)c1.[W].[Y]. The summed E-state index contributed by atoms with van der Waals surface area (Å²) in [5.41, 5.74) is 2.36. The third-order valence-electron chi connectivity index (χ3n) is 1.08. The van der Waals surface area contributed by atoms with Gasteiger partial charge in [-0.05, 0) is 0 Å². The number of benzene rings is 1. The van der Waals surface area contributed by atoms with Crippen LogP contribution in [0.15, 0.2) is 24.3 Å². The summed E-state index contributed by atoms with van der Waals surface area (Å²) in [7, 11) is 0. The van der Waals surface area contributed by atoms with Crippen molar-refractivity contribution in [3.05, 3.63) is 42.3 Å². The zero-order valence-corrected chi connectivity index (χ0v) is 15.7. The molecule has 1 nitrogen and oxygen atoms in total. The maximum Gasteiger partial charge on any atom is 0 e. The van der Waals surface area contributed by atoms with Gasteiger partial charge in [0.05, 0.1) is 0 Å². The summed E-state index contributed by atoms with van der Waals surface area (Å²) in [6.07, 6.45) is 1.50. The minimum atomic E-state index is 0. The van der Waals surface area contributed by atoms with Gasteiger partial charge in [0.2, 0.25) is 0 Å². The first kappa shape index (κ1) is 24.7. The van der Waals surface area contributed by atoms with Crippen LogP contribution in [0.25, 0.3) is 0 Å². The van der Waals surface area contributed by atoms with E-state index in [1.807, 2.05) is 26.0 Å². The van der Waals surface area contributed by atoms with Crippen molar-refractivity contribution in [1.29, 1.82) is 0 Å². The Bertz CT molecular complexity index is 209. The molecule has 1 aromatic carbocycles. The van der Waals surface area contributed by atoms with E-state index < -0.39 is 0 Å². The van der Waals surface area contributed by atoms with Crippen molar-refractivity contribution in [2.45, 2.75) is 27.7 Å². The molecule has 0 amide bonds. The Kier molecular flexibility index (Phi) is 32.9. The normalized spacial score (nSPS) is 6.13. The first-order chi connectivity index (χ1) is 6.20. The number of hydrogen-bond donors (Lipinski definition) is 0. The van der Waals surface area contributed by atoms with Crippen LogP contribution < -0.4 is 0 Å². The Hall–Kier alpha value is 0.552. The van der Waals surface area contributed by atoms with Gasteiger partial charge in [-0.15, -0.1) is 11.6 Å². The summed E-state index contributed by atoms with van der Waals surface area (Å²) in [6.45, 7) is 11.2. The molecule has 1 radical (unpaired) electrons. The van der Waals surface area contributed by atoms with E-state index >= 15 is 0 Å². The van der Waals surface area contributed by atoms with Crippen molar-refractivity contribution >= 4 is 6.29 Å². The van der Waals surface area contributed by atoms with E-state index in [4.69, 9.17) is 4.79 Å². The van der Waals surface area contributed by atoms with Crippen LogP contribution in [0, 0.1) is 13.8 Å². The predicted octanol–water partition coefficient (Wildman–Crippen LogP) is 3.31. The average Bonchev–Trinajstić information content (AvgIpc) is 2.08.